The highest BCUT2D eigenvalue weighted by Crippen LogP contribution is 2.65. The normalized spacial score (nSPS) is 35.8. The van der Waals surface area contributed by atoms with E-state index in [2.05, 4.69) is 10.3 Å². The maximum Gasteiger partial charge on any atom is 0.303 e. The molecule has 25 heavy (non-hydrogen) atoms. The van der Waals surface area contributed by atoms with Crippen molar-refractivity contribution in [3.05, 3.63) is 30.3 Å². The molecule has 1 aromatic heterocycles. The number of aliphatic carboxylic acids is 1. The summed E-state index contributed by atoms with van der Waals surface area (Å²) in [5.74, 6) is 1.19. The second-order valence-electron chi connectivity index (χ2n) is 8.52. The maximum atomic E-state index is 11.5. The van der Waals surface area contributed by atoms with Gasteiger partial charge in [-0.15, -0.1) is 10.2 Å². The van der Waals surface area contributed by atoms with E-state index in [4.69, 9.17) is 5.10 Å². The van der Waals surface area contributed by atoms with Gasteiger partial charge in [0, 0.05) is 5.56 Å². The Morgan fingerprint density at radius 2 is 1.88 bits per heavy atom. The van der Waals surface area contributed by atoms with Crippen molar-refractivity contribution in [3.8, 4) is 11.4 Å². The van der Waals surface area contributed by atoms with E-state index >= 15 is 0 Å². The van der Waals surface area contributed by atoms with Crippen LogP contribution in [0.25, 0.3) is 11.4 Å². The van der Waals surface area contributed by atoms with E-state index in [1.807, 2.05) is 35.1 Å². The van der Waals surface area contributed by atoms with E-state index in [-0.39, 0.29) is 17.4 Å². The molecule has 1 heterocycles. The van der Waals surface area contributed by atoms with Crippen LogP contribution < -0.4 is 0 Å². The first-order chi connectivity index (χ1) is 12.1. The van der Waals surface area contributed by atoms with E-state index in [0.29, 0.717) is 17.7 Å². The summed E-state index contributed by atoms with van der Waals surface area (Å²) in [5, 5.41) is 22.9. The summed E-state index contributed by atoms with van der Waals surface area (Å²) in [6.07, 6.45) is 6.63. The fourth-order valence-corrected chi connectivity index (χ4v) is 6.28. The van der Waals surface area contributed by atoms with Crippen molar-refractivity contribution >= 4 is 5.97 Å². The molecule has 4 fully saturated rings. The van der Waals surface area contributed by atoms with Gasteiger partial charge in [0.25, 0.3) is 0 Å². The second-order valence-corrected chi connectivity index (χ2v) is 8.52. The fraction of sp³-hybridized carbons (Fsp3) is 0.579. The van der Waals surface area contributed by atoms with Crippen LogP contribution in [0.2, 0.25) is 0 Å². The van der Waals surface area contributed by atoms with Gasteiger partial charge in [0.1, 0.15) is 0 Å². The number of carbonyl (C=O) groups is 1. The molecule has 0 spiro atoms. The van der Waals surface area contributed by atoms with Crippen LogP contribution >= 0.6 is 0 Å². The molecule has 4 saturated carbocycles. The number of hydrogen-bond acceptors (Lipinski definition) is 4. The second kappa shape index (κ2) is 5.13. The highest BCUT2D eigenvalue weighted by molar-refractivity contribution is 5.68. The molecule has 0 aliphatic heterocycles. The molecule has 6 rings (SSSR count). The first kappa shape index (κ1) is 15.0. The van der Waals surface area contributed by atoms with Gasteiger partial charge >= 0.3 is 5.97 Å². The average molecular weight is 338 g/mol. The first-order valence-electron chi connectivity index (χ1n) is 9.14. The third kappa shape index (κ3) is 2.38. The molecule has 4 aliphatic carbocycles. The third-order valence-electron chi connectivity index (χ3n) is 6.55. The Hall–Kier alpha value is -2.24. The van der Waals surface area contributed by atoms with E-state index in [0.717, 1.165) is 37.7 Å². The van der Waals surface area contributed by atoms with Crippen LogP contribution in [0.3, 0.4) is 0 Å². The summed E-state index contributed by atoms with van der Waals surface area (Å²) in [7, 11) is 0. The predicted molar refractivity (Wildman–Crippen MR) is 90.6 cm³/mol. The average Bonchev–Trinajstić information content (AvgIpc) is 3.04. The van der Waals surface area contributed by atoms with Crippen LogP contribution in [0.15, 0.2) is 30.3 Å². The van der Waals surface area contributed by atoms with Crippen molar-refractivity contribution in [2.24, 2.45) is 17.3 Å². The zero-order valence-electron chi connectivity index (χ0n) is 14.1. The van der Waals surface area contributed by atoms with Crippen LogP contribution in [0, 0.1) is 17.3 Å². The standard InChI is InChI=1S/C19H22N4O2/c24-16(25)11-18-7-13-6-14(8-18)10-19(9-13,12-18)23-21-17(20-22-23)15-4-2-1-3-5-15/h1-5,13-14H,6-12H2,(H,24,25)/t13-,14-,18?,19?/m1/s1. The number of nitrogens with zero attached hydrogens (tertiary/aromatic N) is 4. The minimum atomic E-state index is -0.673. The number of rotatable bonds is 4. The summed E-state index contributed by atoms with van der Waals surface area (Å²) >= 11 is 0. The molecule has 130 valence electrons. The van der Waals surface area contributed by atoms with E-state index in [9.17, 15) is 9.90 Å². The number of carboxylic acid groups (broad SMARTS) is 1. The molecule has 4 bridgehead atoms. The summed E-state index contributed by atoms with van der Waals surface area (Å²) < 4.78 is 0. The maximum absolute atomic E-state index is 11.5. The monoisotopic (exact) mass is 338 g/mol. The van der Waals surface area contributed by atoms with Crippen molar-refractivity contribution in [1.29, 1.82) is 0 Å². The van der Waals surface area contributed by atoms with Gasteiger partial charge in [0.15, 0.2) is 0 Å². The molecular weight excluding hydrogens is 316 g/mol. The highest BCUT2D eigenvalue weighted by atomic mass is 16.4. The van der Waals surface area contributed by atoms with Crippen molar-refractivity contribution < 1.29 is 9.90 Å². The van der Waals surface area contributed by atoms with E-state index in [1.54, 1.807) is 0 Å². The lowest BCUT2D eigenvalue weighted by molar-refractivity contribution is -0.152. The lowest BCUT2D eigenvalue weighted by Crippen LogP contribution is -2.57. The van der Waals surface area contributed by atoms with Crippen molar-refractivity contribution in [2.75, 3.05) is 0 Å². The molecule has 6 nitrogen and oxygen atoms in total. The third-order valence-corrected chi connectivity index (χ3v) is 6.55. The largest absolute Gasteiger partial charge is 0.481 e. The van der Waals surface area contributed by atoms with E-state index < -0.39 is 5.97 Å². The van der Waals surface area contributed by atoms with Crippen LogP contribution in [0.5, 0.6) is 0 Å². The Bertz CT molecular complexity index is 802. The molecule has 0 saturated heterocycles. The molecule has 6 heteroatoms. The molecule has 2 atom stereocenters. The zero-order chi connectivity index (χ0) is 17.1. The van der Waals surface area contributed by atoms with Crippen molar-refractivity contribution in [1.82, 2.24) is 20.2 Å². The Morgan fingerprint density at radius 1 is 1.16 bits per heavy atom. The lowest BCUT2D eigenvalue weighted by atomic mass is 9.46. The van der Waals surface area contributed by atoms with Crippen molar-refractivity contribution in [3.63, 3.8) is 0 Å². The molecule has 0 amide bonds. The Balaban J connectivity index is 1.51. The molecule has 4 aliphatic rings. The van der Waals surface area contributed by atoms with Gasteiger partial charge in [-0.3, -0.25) is 4.79 Å². The zero-order valence-corrected chi connectivity index (χ0v) is 14.1. The summed E-state index contributed by atoms with van der Waals surface area (Å²) in [6.45, 7) is 0. The van der Waals surface area contributed by atoms with Crippen LogP contribution in [-0.2, 0) is 10.3 Å². The summed E-state index contributed by atoms with van der Waals surface area (Å²) in [6, 6.07) is 9.91. The molecule has 2 aromatic rings. The quantitative estimate of drug-likeness (QED) is 0.926. The van der Waals surface area contributed by atoms with Crippen LogP contribution in [-0.4, -0.2) is 31.3 Å². The molecule has 0 unspecified atom stereocenters. The van der Waals surface area contributed by atoms with Gasteiger partial charge in [-0.05, 0) is 61.0 Å². The van der Waals surface area contributed by atoms with Gasteiger partial charge in [0.05, 0.1) is 12.0 Å². The van der Waals surface area contributed by atoms with Crippen LogP contribution in [0.4, 0.5) is 0 Å². The number of benzene rings is 1. The summed E-state index contributed by atoms with van der Waals surface area (Å²) in [4.78, 5) is 13.3. The van der Waals surface area contributed by atoms with Gasteiger partial charge in [0.2, 0.25) is 5.82 Å². The number of aromatic nitrogens is 4. The fourth-order valence-electron chi connectivity index (χ4n) is 6.28. The first-order valence-corrected chi connectivity index (χ1v) is 9.14. The minimum absolute atomic E-state index is 0.0730. The Kier molecular flexibility index (Phi) is 3.09. The molecule has 1 N–H and O–H groups in total. The Labute approximate surface area is 146 Å². The van der Waals surface area contributed by atoms with Gasteiger partial charge in [-0.2, -0.15) is 4.80 Å². The lowest BCUT2D eigenvalue weighted by Gasteiger charge is -2.61. The smallest absolute Gasteiger partial charge is 0.303 e. The molecule has 1 aromatic carbocycles. The molecular formula is C19H22N4O2. The van der Waals surface area contributed by atoms with Gasteiger partial charge < -0.3 is 5.11 Å². The number of hydrogen-bond donors (Lipinski definition) is 1. The highest BCUT2D eigenvalue weighted by Gasteiger charge is 2.60. The van der Waals surface area contributed by atoms with Crippen molar-refractivity contribution in [2.45, 2.75) is 50.5 Å². The minimum Gasteiger partial charge on any atom is -0.481 e. The van der Waals surface area contributed by atoms with Crippen LogP contribution in [0.1, 0.15) is 44.9 Å². The topological polar surface area (TPSA) is 80.9 Å². The van der Waals surface area contributed by atoms with Gasteiger partial charge in [-0.25, -0.2) is 0 Å². The van der Waals surface area contributed by atoms with Gasteiger partial charge in [-0.1, -0.05) is 30.3 Å². The number of tetrazole rings is 1. The Morgan fingerprint density at radius 3 is 2.56 bits per heavy atom. The SMILES string of the molecule is O=C(O)CC12C[C@H]3C[C@H](C1)CC(n1nnc(-c4ccccc4)n1)(C3)C2. The number of carboxylic acids is 1. The molecule has 0 radical (unpaired) electrons. The predicted octanol–water partition coefficient (Wildman–Crippen LogP) is 3.11. The van der Waals surface area contributed by atoms with E-state index in [1.165, 1.54) is 6.42 Å². The summed E-state index contributed by atoms with van der Waals surface area (Å²) in [5.41, 5.74) is 0.759.